The third-order valence-corrected chi connectivity index (χ3v) is 3.45. The summed E-state index contributed by atoms with van der Waals surface area (Å²) in [5.41, 5.74) is 1.11. The number of rotatable bonds is 6. The van der Waals surface area contributed by atoms with E-state index in [0.29, 0.717) is 12.3 Å². The highest BCUT2D eigenvalue weighted by Gasteiger charge is 2.10. The van der Waals surface area contributed by atoms with Gasteiger partial charge >= 0.3 is 5.88 Å². The van der Waals surface area contributed by atoms with Crippen molar-refractivity contribution in [1.29, 1.82) is 0 Å². The van der Waals surface area contributed by atoms with Gasteiger partial charge in [0.05, 0.1) is 13.2 Å². The average molecular weight is 325 g/mol. The number of nitro groups is 1. The third kappa shape index (κ3) is 3.52. The summed E-state index contributed by atoms with van der Waals surface area (Å²) in [6.07, 6.45) is 6.98. The molecule has 1 aromatic carbocycles. The molecule has 122 valence electrons. The van der Waals surface area contributed by atoms with Crippen molar-refractivity contribution in [2.75, 3.05) is 7.11 Å². The van der Waals surface area contributed by atoms with Crippen molar-refractivity contribution in [3.8, 4) is 5.75 Å². The van der Waals surface area contributed by atoms with Gasteiger partial charge in [-0.15, -0.1) is 0 Å². The fraction of sp³-hybridized carbons (Fsp3) is 0.118. The molecule has 3 aromatic rings. The van der Waals surface area contributed by atoms with Crippen molar-refractivity contribution in [2.24, 2.45) is 0 Å². The van der Waals surface area contributed by atoms with E-state index in [1.807, 2.05) is 35.0 Å². The van der Waals surface area contributed by atoms with Crippen LogP contribution in [0.3, 0.4) is 0 Å². The second kappa shape index (κ2) is 6.82. The Labute approximate surface area is 138 Å². The molecule has 0 aliphatic rings. The predicted octanol–water partition coefficient (Wildman–Crippen LogP) is 3.61. The molecule has 0 atom stereocenters. The molecule has 2 aromatic heterocycles. The normalized spacial score (nSPS) is 11.0. The van der Waals surface area contributed by atoms with Crippen molar-refractivity contribution >= 4 is 18.0 Å². The van der Waals surface area contributed by atoms with E-state index in [0.717, 1.165) is 17.1 Å². The molecule has 0 saturated heterocycles. The first kappa shape index (κ1) is 15.5. The molecule has 0 aliphatic carbocycles. The van der Waals surface area contributed by atoms with Crippen LogP contribution in [0.1, 0.15) is 17.1 Å². The molecule has 7 nitrogen and oxygen atoms in total. The maximum absolute atomic E-state index is 10.6. The molecule has 7 heteroatoms. The van der Waals surface area contributed by atoms with E-state index in [9.17, 15) is 10.1 Å². The summed E-state index contributed by atoms with van der Waals surface area (Å²) in [7, 11) is 1.63. The van der Waals surface area contributed by atoms with Crippen molar-refractivity contribution in [3.05, 3.63) is 76.1 Å². The first-order valence-electron chi connectivity index (χ1n) is 7.22. The maximum Gasteiger partial charge on any atom is 0.433 e. The number of benzene rings is 1. The molecule has 0 saturated carbocycles. The maximum atomic E-state index is 10.6. The Morgan fingerprint density at radius 2 is 2.04 bits per heavy atom. The highest BCUT2D eigenvalue weighted by atomic mass is 16.6. The van der Waals surface area contributed by atoms with Crippen LogP contribution in [0, 0.1) is 10.1 Å². The van der Waals surface area contributed by atoms with E-state index in [1.165, 1.54) is 6.07 Å². The Kier molecular flexibility index (Phi) is 4.42. The Balaban J connectivity index is 1.74. The number of hydrogen-bond acceptors (Lipinski definition) is 5. The molecule has 0 aliphatic heterocycles. The zero-order valence-corrected chi connectivity index (χ0v) is 13.0. The SMILES string of the molecule is COc1ccc(Cn2ccnc2C=Cc2ccc([N+](=O)[O-])o2)cc1. The van der Waals surface area contributed by atoms with Crippen LogP contribution < -0.4 is 4.74 Å². The first-order chi connectivity index (χ1) is 11.7. The molecule has 24 heavy (non-hydrogen) atoms. The molecule has 0 unspecified atom stereocenters. The summed E-state index contributed by atoms with van der Waals surface area (Å²) < 4.78 is 12.2. The van der Waals surface area contributed by atoms with Crippen LogP contribution in [-0.4, -0.2) is 21.6 Å². The van der Waals surface area contributed by atoms with Crippen molar-refractivity contribution in [2.45, 2.75) is 6.54 Å². The fourth-order valence-electron chi connectivity index (χ4n) is 2.23. The number of imidazole rings is 1. The molecule has 3 rings (SSSR count). The van der Waals surface area contributed by atoms with E-state index in [2.05, 4.69) is 4.98 Å². The first-order valence-corrected chi connectivity index (χ1v) is 7.22. The fourth-order valence-corrected chi connectivity index (χ4v) is 2.23. The lowest BCUT2D eigenvalue weighted by Gasteiger charge is -2.06. The molecule has 0 spiro atoms. The Morgan fingerprint density at radius 3 is 2.71 bits per heavy atom. The van der Waals surface area contributed by atoms with Gasteiger partial charge in [0.2, 0.25) is 0 Å². The van der Waals surface area contributed by atoms with E-state index >= 15 is 0 Å². The van der Waals surface area contributed by atoms with Gasteiger partial charge in [0.25, 0.3) is 0 Å². The highest BCUT2D eigenvalue weighted by molar-refractivity contribution is 5.64. The largest absolute Gasteiger partial charge is 0.497 e. The minimum Gasteiger partial charge on any atom is -0.497 e. The standard InChI is InChI=1S/C17H15N3O4/c1-23-14-4-2-13(3-5-14)12-19-11-10-18-16(19)8-6-15-7-9-17(24-15)20(21)22/h2-11H,12H2,1H3. The van der Waals surface area contributed by atoms with Gasteiger partial charge in [0.1, 0.15) is 22.3 Å². The Bertz CT molecular complexity index is 862. The second-order valence-corrected chi connectivity index (χ2v) is 5.03. The molecule has 0 N–H and O–H groups in total. The summed E-state index contributed by atoms with van der Waals surface area (Å²) in [4.78, 5) is 14.3. The van der Waals surface area contributed by atoms with Gasteiger partial charge < -0.3 is 13.7 Å². The zero-order valence-electron chi connectivity index (χ0n) is 13.0. The third-order valence-electron chi connectivity index (χ3n) is 3.45. The summed E-state index contributed by atoms with van der Waals surface area (Å²) in [6, 6.07) is 10.7. The molecule has 0 radical (unpaired) electrons. The minimum atomic E-state index is -0.567. The predicted molar refractivity (Wildman–Crippen MR) is 88.6 cm³/mol. The molecule has 0 fully saturated rings. The number of aromatic nitrogens is 2. The molecule has 2 heterocycles. The number of furan rings is 1. The van der Waals surface area contributed by atoms with Crippen molar-refractivity contribution < 1.29 is 14.1 Å². The average Bonchev–Trinajstić information content (AvgIpc) is 3.23. The van der Waals surface area contributed by atoms with Gasteiger partial charge in [0, 0.05) is 18.9 Å². The van der Waals surface area contributed by atoms with Crippen LogP contribution in [0.2, 0.25) is 0 Å². The van der Waals surface area contributed by atoms with Gasteiger partial charge in [-0.2, -0.15) is 0 Å². The topological polar surface area (TPSA) is 83.3 Å². The second-order valence-electron chi connectivity index (χ2n) is 5.03. The summed E-state index contributed by atoms with van der Waals surface area (Å²) >= 11 is 0. The van der Waals surface area contributed by atoms with E-state index in [1.54, 1.807) is 31.5 Å². The van der Waals surface area contributed by atoms with Crippen LogP contribution in [-0.2, 0) is 6.54 Å². The highest BCUT2D eigenvalue weighted by Crippen LogP contribution is 2.18. The monoisotopic (exact) mass is 325 g/mol. The minimum absolute atomic E-state index is 0.281. The van der Waals surface area contributed by atoms with Gasteiger partial charge in [-0.25, -0.2) is 4.98 Å². The Hall–Kier alpha value is -3.35. The lowest BCUT2D eigenvalue weighted by atomic mass is 10.2. The van der Waals surface area contributed by atoms with Gasteiger partial charge in [-0.05, 0) is 35.9 Å². The quantitative estimate of drug-likeness (QED) is 0.510. The van der Waals surface area contributed by atoms with Gasteiger partial charge in [0.15, 0.2) is 0 Å². The molecular weight excluding hydrogens is 310 g/mol. The van der Waals surface area contributed by atoms with Crippen molar-refractivity contribution in [1.82, 2.24) is 9.55 Å². The zero-order chi connectivity index (χ0) is 16.9. The number of nitrogens with zero attached hydrogens (tertiary/aromatic N) is 3. The van der Waals surface area contributed by atoms with Gasteiger partial charge in [-0.1, -0.05) is 12.1 Å². The summed E-state index contributed by atoms with van der Waals surface area (Å²) in [5.74, 6) is 1.66. The smallest absolute Gasteiger partial charge is 0.433 e. The molecular formula is C17H15N3O4. The van der Waals surface area contributed by atoms with Crippen LogP contribution >= 0.6 is 0 Å². The van der Waals surface area contributed by atoms with Crippen LogP contribution in [0.25, 0.3) is 12.2 Å². The lowest BCUT2D eigenvalue weighted by Crippen LogP contribution is -2.00. The summed E-state index contributed by atoms with van der Waals surface area (Å²) in [5, 5.41) is 10.6. The van der Waals surface area contributed by atoms with Crippen LogP contribution in [0.5, 0.6) is 5.75 Å². The molecule has 0 amide bonds. The van der Waals surface area contributed by atoms with E-state index < -0.39 is 4.92 Å². The number of hydrogen-bond donors (Lipinski definition) is 0. The van der Waals surface area contributed by atoms with E-state index in [4.69, 9.17) is 9.15 Å². The number of methoxy groups -OCH3 is 1. The van der Waals surface area contributed by atoms with Gasteiger partial charge in [-0.3, -0.25) is 10.1 Å². The van der Waals surface area contributed by atoms with Crippen molar-refractivity contribution in [3.63, 3.8) is 0 Å². The molecule has 0 bridgehead atoms. The number of ether oxygens (including phenoxy) is 1. The Morgan fingerprint density at radius 1 is 1.25 bits per heavy atom. The summed E-state index contributed by atoms with van der Waals surface area (Å²) in [6.45, 7) is 0.655. The van der Waals surface area contributed by atoms with E-state index in [-0.39, 0.29) is 5.88 Å². The van der Waals surface area contributed by atoms with Crippen LogP contribution in [0.15, 0.2) is 53.2 Å². The van der Waals surface area contributed by atoms with Crippen LogP contribution in [0.4, 0.5) is 5.88 Å². The lowest BCUT2D eigenvalue weighted by molar-refractivity contribution is -0.402.